The van der Waals surface area contributed by atoms with E-state index < -0.39 is 6.04 Å². The number of amides is 1. The van der Waals surface area contributed by atoms with Crippen LogP contribution >= 0.6 is 45.7 Å². The van der Waals surface area contributed by atoms with E-state index in [1.54, 1.807) is 23.6 Å². The molecule has 19 heavy (non-hydrogen) atoms. The summed E-state index contributed by atoms with van der Waals surface area (Å²) in [7, 11) is 0. The SMILES string of the molecule is CCOC(=O)C1CSCCN1C(=O)c1csc(I)c1. The predicted octanol–water partition coefficient (Wildman–Crippen LogP) is 2.47. The summed E-state index contributed by atoms with van der Waals surface area (Å²) in [4.78, 5) is 26.0. The smallest absolute Gasteiger partial charge is 0.329 e. The molecule has 0 spiro atoms. The highest BCUT2D eigenvalue weighted by Gasteiger charge is 2.34. The number of thiophene rings is 1. The molecule has 0 radical (unpaired) electrons. The highest BCUT2D eigenvalue weighted by molar-refractivity contribution is 14.1. The molecule has 104 valence electrons. The van der Waals surface area contributed by atoms with Gasteiger partial charge in [0.1, 0.15) is 6.04 Å². The van der Waals surface area contributed by atoms with Crippen LogP contribution < -0.4 is 0 Å². The van der Waals surface area contributed by atoms with Crippen molar-refractivity contribution in [1.29, 1.82) is 0 Å². The molecule has 1 saturated heterocycles. The molecule has 1 aliphatic heterocycles. The highest BCUT2D eigenvalue weighted by atomic mass is 127. The molecular weight excluding hydrogens is 397 g/mol. The van der Waals surface area contributed by atoms with Gasteiger partial charge >= 0.3 is 5.97 Å². The third-order valence-electron chi connectivity index (χ3n) is 2.76. The monoisotopic (exact) mass is 411 g/mol. The number of halogens is 1. The zero-order chi connectivity index (χ0) is 13.8. The van der Waals surface area contributed by atoms with Gasteiger partial charge in [0.15, 0.2) is 0 Å². The maximum Gasteiger partial charge on any atom is 0.329 e. The van der Waals surface area contributed by atoms with Crippen molar-refractivity contribution >= 4 is 57.6 Å². The molecule has 1 amide bonds. The van der Waals surface area contributed by atoms with Gasteiger partial charge < -0.3 is 9.64 Å². The van der Waals surface area contributed by atoms with E-state index in [1.165, 1.54) is 11.3 Å². The third kappa shape index (κ3) is 3.63. The van der Waals surface area contributed by atoms with Crippen molar-refractivity contribution in [3.05, 3.63) is 19.9 Å². The molecule has 1 unspecified atom stereocenters. The van der Waals surface area contributed by atoms with Crippen LogP contribution in [0.3, 0.4) is 0 Å². The molecule has 1 aromatic rings. The number of carbonyl (C=O) groups excluding carboxylic acids is 2. The van der Waals surface area contributed by atoms with Gasteiger partial charge in [-0.2, -0.15) is 11.8 Å². The standard InChI is InChI=1S/C12H14INO3S2/c1-2-17-12(16)9-7-18-4-3-14(9)11(15)8-5-10(13)19-6-8/h5-6,9H,2-4,7H2,1H3. The minimum Gasteiger partial charge on any atom is -0.464 e. The second kappa shape index (κ2) is 6.94. The predicted molar refractivity (Wildman–Crippen MR) is 85.8 cm³/mol. The van der Waals surface area contributed by atoms with Crippen molar-refractivity contribution in [3.8, 4) is 0 Å². The largest absolute Gasteiger partial charge is 0.464 e. The molecule has 0 aliphatic carbocycles. The number of thioether (sulfide) groups is 1. The fraction of sp³-hybridized carbons (Fsp3) is 0.500. The number of carbonyl (C=O) groups is 2. The molecule has 1 atom stereocenters. The van der Waals surface area contributed by atoms with Gasteiger partial charge in [0.05, 0.1) is 15.1 Å². The minimum atomic E-state index is -0.455. The van der Waals surface area contributed by atoms with Crippen molar-refractivity contribution < 1.29 is 14.3 Å². The van der Waals surface area contributed by atoms with E-state index in [4.69, 9.17) is 4.74 Å². The van der Waals surface area contributed by atoms with Crippen LogP contribution in [-0.4, -0.2) is 47.5 Å². The van der Waals surface area contributed by atoms with Crippen LogP contribution in [0.15, 0.2) is 11.4 Å². The zero-order valence-corrected chi connectivity index (χ0v) is 14.2. The average Bonchev–Trinajstić information content (AvgIpc) is 2.85. The summed E-state index contributed by atoms with van der Waals surface area (Å²) in [6.45, 7) is 2.72. The van der Waals surface area contributed by atoms with Crippen LogP contribution in [0.1, 0.15) is 17.3 Å². The fourth-order valence-corrected chi connectivity index (χ4v) is 4.22. The van der Waals surface area contributed by atoms with Crippen LogP contribution in [-0.2, 0) is 9.53 Å². The number of hydrogen-bond acceptors (Lipinski definition) is 5. The normalized spacial score (nSPS) is 19.3. The molecule has 1 fully saturated rings. The Balaban J connectivity index is 2.15. The van der Waals surface area contributed by atoms with E-state index in [-0.39, 0.29) is 11.9 Å². The number of rotatable bonds is 3. The lowest BCUT2D eigenvalue weighted by Crippen LogP contribution is -2.50. The average molecular weight is 411 g/mol. The zero-order valence-electron chi connectivity index (χ0n) is 10.4. The van der Waals surface area contributed by atoms with Crippen molar-refractivity contribution in [1.82, 2.24) is 4.90 Å². The highest BCUT2D eigenvalue weighted by Crippen LogP contribution is 2.23. The first-order valence-electron chi connectivity index (χ1n) is 5.93. The number of hydrogen-bond donors (Lipinski definition) is 0. The second-order valence-electron chi connectivity index (χ2n) is 3.98. The van der Waals surface area contributed by atoms with Gasteiger partial charge in [-0.05, 0) is 35.6 Å². The van der Waals surface area contributed by atoms with Gasteiger partial charge in [0.2, 0.25) is 0 Å². The van der Waals surface area contributed by atoms with Crippen molar-refractivity contribution in [2.75, 3.05) is 24.7 Å². The molecule has 2 heterocycles. The molecule has 7 heteroatoms. The summed E-state index contributed by atoms with van der Waals surface area (Å²) in [5.41, 5.74) is 0.663. The molecule has 4 nitrogen and oxygen atoms in total. The topological polar surface area (TPSA) is 46.6 Å². The number of ether oxygens (including phenoxy) is 1. The van der Waals surface area contributed by atoms with Gasteiger partial charge in [0.25, 0.3) is 5.91 Å². The summed E-state index contributed by atoms with van der Waals surface area (Å²) in [6, 6.07) is 1.40. The quantitative estimate of drug-likeness (QED) is 0.567. The fourth-order valence-electron chi connectivity index (χ4n) is 1.87. The Kier molecular flexibility index (Phi) is 5.52. The first-order valence-corrected chi connectivity index (χ1v) is 9.04. The van der Waals surface area contributed by atoms with E-state index in [0.717, 1.165) is 8.64 Å². The Morgan fingerprint density at radius 3 is 3.00 bits per heavy atom. The van der Waals surface area contributed by atoms with Crippen LogP contribution in [0.5, 0.6) is 0 Å². The Morgan fingerprint density at radius 2 is 2.37 bits per heavy atom. The first-order chi connectivity index (χ1) is 9.13. The molecule has 1 aliphatic rings. The van der Waals surface area contributed by atoms with E-state index in [1.807, 2.05) is 11.4 Å². The maximum atomic E-state index is 12.4. The molecule has 0 bridgehead atoms. The molecule has 0 N–H and O–H groups in total. The lowest BCUT2D eigenvalue weighted by Gasteiger charge is -2.33. The lowest BCUT2D eigenvalue weighted by molar-refractivity contribution is -0.147. The first kappa shape index (κ1) is 15.1. The van der Waals surface area contributed by atoms with Gasteiger partial charge in [0, 0.05) is 23.4 Å². The Labute approximate surface area is 134 Å². The maximum absolute atomic E-state index is 12.4. The number of esters is 1. The van der Waals surface area contributed by atoms with Gasteiger partial charge in [-0.15, -0.1) is 11.3 Å². The summed E-state index contributed by atoms with van der Waals surface area (Å²) >= 11 is 5.41. The van der Waals surface area contributed by atoms with E-state index in [0.29, 0.717) is 24.5 Å². The van der Waals surface area contributed by atoms with Gasteiger partial charge in [-0.1, -0.05) is 0 Å². The van der Waals surface area contributed by atoms with Crippen molar-refractivity contribution in [2.24, 2.45) is 0 Å². The summed E-state index contributed by atoms with van der Waals surface area (Å²) < 4.78 is 6.13. The van der Waals surface area contributed by atoms with E-state index in [9.17, 15) is 9.59 Å². The number of nitrogens with zero attached hydrogens (tertiary/aromatic N) is 1. The summed E-state index contributed by atoms with van der Waals surface area (Å²) in [5.74, 6) is 1.11. The Bertz CT molecular complexity index is 477. The molecule has 1 aromatic heterocycles. The lowest BCUT2D eigenvalue weighted by atomic mass is 10.2. The molecule has 0 saturated carbocycles. The van der Waals surface area contributed by atoms with Crippen LogP contribution in [0.25, 0.3) is 0 Å². The Morgan fingerprint density at radius 1 is 1.58 bits per heavy atom. The van der Waals surface area contributed by atoms with Crippen LogP contribution in [0.2, 0.25) is 0 Å². The second-order valence-corrected chi connectivity index (χ2v) is 7.94. The van der Waals surface area contributed by atoms with Crippen molar-refractivity contribution in [2.45, 2.75) is 13.0 Å². The summed E-state index contributed by atoms with van der Waals surface area (Å²) in [5, 5.41) is 1.84. The van der Waals surface area contributed by atoms with Gasteiger partial charge in [-0.3, -0.25) is 4.79 Å². The van der Waals surface area contributed by atoms with E-state index >= 15 is 0 Å². The molecule has 2 rings (SSSR count). The summed E-state index contributed by atoms with van der Waals surface area (Å²) in [6.07, 6.45) is 0. The van der Waals surface area contributed by atoms with E-state index in [2.05, 4.69) is 22.6 Å². The van der Waals surface area contributed by atoms with Crippen LogP contribution in [0, 0.1) is 2.88 Å². The van der Waals surface area contributed by atoms with Crippen LogP contribution in [0.4, 0.5) is 0 Å². The molecule has 0 aromatic carbocycles. The Hall–Kier alpha value is -0.280. The molecular formula is C12H14INO3S2. The van der Waals surface area contributed by atoms with Gasteiger partial charge in [-0.25, -0.2) is 4.79 Å². The van der Waals surface area contributed by atoms with Crippen molar-refractivity contribution in [3.63, 3.8) is 0 Å². The third-order valence-corrected chi connectivity index (χ3v) is 5.57. The minimum absolute atomic E-state index is 0.0717.